The number of ether oxygens (including phenoxy) is 2. The quantitative estimate of drug-likeness (QED) is 0.564. The summed E-state index contributed by atoms with van der Waals surface area (Å²) in [5.41, 5.74) is 4.20. The maximum absolute atomic E-state index is 12.2. The Kier molecular flexibility index (Phi) is 7.57. The first kappa shape index (κ1) is 23.4. The predicted molar refractivity (Wildman–Crippen MR) is 124 cm³/mol. The van der Waals surface area contributed by atoms with Gasteiger partial charge in [-0.2, -0.15) is 0 Å². The van der Waals surface area contributed by atoms with Crippen molar-refractivity contribution < 1.29 is 24.2 Å². The Morgan fingerprint density at radius 1 is 1.00 bits per heavy atom. The number of allylic oxidation sites excluding steroid dienone is 2. The van der Waals surface area contributed by atoms with Crippen LogP contribution in [0.25, 0.3) is 11.1 Å². The molecule has 0 bridgehead atoms. The predicted octanol–water partition coefficient (Wildman–Crippen LogP) is 4.62. The highest BCUT2D eigenvalue weighted by molar-refractivity contribution is 5.98. The molecule has 0 spiro atoms. The van der Waals surface area contributed by atoms with E-state index in [1.807, 2.05) is 42.5 Å². The monoisotopic (exact) mass is 437 g/mol. The number of carboxylic acid groups (broad SMARTS) is 1. The first-order chi connectivity index (χ1) is 15.3. The molecule has 6 heteroatoms. The molecular weight excluding hydrogens is 406 g/mol. The van der Waals surface area contributed by atoms with E-state index in [1.54, 1.807) is 14.2 Å². The van der Waals surface area contributed by atoms with Crippen molar-refractivity contribution in [1.82, 2.24) is 5.32 Å². The van der Waals surface area contributed by atoms with E-state index in [-0.39, 0.29) is 5.78 Å². The van der Waals surface area contributed by atoms with Gasteiger partial charge in [-0.05, 0) is 42.0 Å². The highest BCUT2D eigenvalue weighted by Gasteiger charge is 2.27. The van der Waals surface area contributed by atoms with E-state index in [1.165, 1.54) is 0 Å². The van der Waals surface area contributed by atoms with Gasteiger partial charge in [-0.1, -0.05) is 44.2 Å². The topological polar surface area (TPSA) is 84.9 Å². The summed E-state index contributed by atoms with van der Waals surface area (Å²) >= 11 is 0. The Balaban J connectivity index is 1.81. The van der Waals surface area contributed by atoms with Crippen LogP contribution in [0.4, 0.5) is 0 Å². The highest BCUT2D eigenvalue weighted by Crippen LogP contribution is 2.38. The second-order valence-corrected chi connectivity index (χ2v) is 8.45. The zero-order valence-electron chi connectivity index (χ0n) is 19.1. The van der Waals surface area contributed by atoms with E-state index in [4.69, 9.17) is 9.47 Å². The number of ketones is 1. The molecule has 0 unspecified atom stereocenters. The number of aliphatic carboxylic acids is 1. The number of benzene rings is 2. The molecule has 6 nitrogen and oxygen atoms in total. The third-order valence-corrected chi connectivity index (χ3v) is 5.67. The van der Waals surface area contributed by atoms with Crippen molar-refractivity contribution in [3.8, 4) is 22.6 Å². The van der Waals surface area contributed by atoms with Gasteiger partial charge in [0.2, 0.25) is 0 Å². The number of methoxy groups -OCH3 is 2. The average molecular weight is 438 g/mol. The van der Waals surface area contributed by atoms with Gasteiger partial charge in [0.1, 0.15) is 17.5 Å². The third-order valence-electron chi connectivity index (χ3n) is 5.67. The van der Waals surface area contributed by atoms with E-state index in [0.717, 1.165) is 28.0 Å². The van der Waals surface area contributed by atoms with Crippen LogP contribution in [0.1, 0.15) is 38.7 Å². The molecule has 0 aliphatic heterocycles. The number of carbonyl (C=O) groups is 2. The van der Waals surface area contributed by atoms with Crippen molar-refractivity contribution >= 4 is 11.8 Å². The van der Waals surface area contributed by atoms with Crippen molar-refractivity contribution in [2.75, 3.05) is 14.2 Å². The van der Waals surface area contributed by atoms with Crippen LogP contribution >= 0.6 is 0 Å². The summed E-state index contributed by atoms with van der Waals surface area (Å²) in [7, 11) is 3.23. The maximum Gasteiger partial charge on any atom is 0.326 e. The minimum Gasteiger partial charge on any atom is -0.496 e. The van der Waals surface area contributed by atoms with Crippen LogP contribution in [0.15, 0.2) is 53.7 Å². The lowest BCUT2D eigenvalue weighted by atomic mass is 9.98. The van der Waals surface area contributed by atoms with Crippen LogP contribution < -0.4 is 14.8 Å². The Morgan fingerprint density at radius 3 is 2.16 bits per heavy atom. The van der Waals surface area contributed by atoms with Crippen LogP contribution in [-0.4, -0.2) is 37.1 Å². The van der Waals surface area contributed by atoms with Gasteiger partial charge >= 0.3 is 5.97 Å². The lowest BCUT2D eigenvalue weighted by molar-refractivity contribution is -0.139. The number of carbonyl (C=O) groups excluding carboxylic acids is 1. The van der Waals surface area contributed by atoms with E-state index < -0.39 is 12.0 Å². The van der Waals surface area contributed by atoms with Crippen molar-refractivity contribution in [2.45, 2.75) is 45.6 Å². The van der Waals surface area contributed by atoms with Crippen LogP contribution in [-0.2, 0) is 16.0 Å². The van der Waals surface area contributed by atoms with Crippen LogP contribution in [0.5, 0.6) is 11.5 Å². The summed E-state index contributed by atoms with van der Waals surface area (Å²) in [5.74, 6) is 0.943. The molecule has 1 atom stereocenters. The SMILES string of the molecule is COc1cccc(OC)c1-c1ccc(C[C@H](NC2=C(CC(C)C)C(=O)CC2)C(=O)O)cc1. The van der Waals surface area contributed by atoms with Gasteiger partial charge in [0.25, 0.3) is 0 Å². The number of carboxylic acids is 1. The molecule has 0 fully saturated rings. The molecule has 3 rings (SSSR count). The molecule has 170 valence electrons. The number of rotatable bonds is 10. The summed E-state index contributed by atoms with van der Waals surface area (Å²) in [4.78, 5) is 24.2. The second-order valence-electron chi connectivity index (χ2n) is 8.45. The van der Waals surface area contributed by atoms with Gasteiger partial charge in [0.05, 0.1) is 19.8 Å². The largest absolute Gasteiger partial charge is 0.496 e. The first-order valence-electron chi connectivity index (χ1n) is 10.9. The molecule has 0 saturated carbocycles. The van der Waals surface area contributed by atoms with Crippen molar-refractivity contribution in [3.05, 3.63) is 59.3 Å². The molecule has 2 aromatic carbocycles. The van der Waals surface area contributed by atoms with E-state index in [2.05, 4.69) is 19.2 Å². The summed E-state index contributed by atoms with van der Waals surface area (Å²) in [6.45, 7) is 4.12. The summed E-state index contributed by atoms with van der Waals surface area (Å²) in [6.07, 6.45) is 2.01. The van der Waals surface area contributed by atoms with Crippen LogP contribution in [0, 0.1) is 5.92 Å². The van der Waals surface area contributed by atoms with E-state index >= 15 is 0 Å². The molecule has 0 aromatic heterocycles. The maximum atomic E-state index is 12.2. The Morgan fingerprint density at radius 2 is 1.62 bits per heavy atom. The first-order valence-corrected chi connectivity index (χ1v) is 10.9. The highest BCUT2D eigenvalue weighted by atomic mass is 16.5. The van der Waals surface area contributed by atoms with Crippen molar-refractivity contribution in [3.63, 3.8) is 0 Å². The lowest BCUT2D eigenvalue weighted by Gasteiger charge is -2.19. The molecule has 0 heterocycles. The fourth-order valence-corrected chi connectivity index (χ4v) is 4.10. The van der Waals surface area contributed by atoms with Crippen molar-refractivity contribution in [2.24, 2.45) is 5.92 Å². The number of nitrogens with one attached hydrogen (secondary N) is 1. The molecule has 0 amide bonds. The molecule has 32 heavy (non-hydrogen) atoms. The average Bonchev–Trinajstić information content (AvgIpc) is 3.11. The fraction of sp³-hybridized carbons (Fsp3) is 0.385. The lowest BCUT2D eigenvalue weighted by Crippen LogP contribution is -2.38. The molecule has 1 aliphatic carbocycles. The zero-order chi connectivity index (χ0) is 23.3. The minimum absolute atomic E-state index is 0.125. The van der Waals surface area contributed by atoms with Gasteiger partial charge in [-0.3, -0.25) is 4.79 Å². The smallest absolute Gasteiger partial charge is 0.326 e. The number of hydrogen-bond donors (Lipinski definition) is 2. The summed E-state index contributed by atoms with van der Waals surface area (Å²) in [6, 6.07) is 12.5. The Hall–Kier alpha value is -3.28. The van der Waals surface area contributed by atoms with Gasteiger partial charge in [0, 0.05) is 24.1 Å². The second kappa shape index (κ2) is 10.4. The fourth-order valence-electron chi connectivity index (χ4n) is 4.10. The molecule has 2 N–H and O–H groups in total. The summed E-state index contributed by atoms with van der Waals surface area (Å²) in [5, 5.41) is 12.9. The Bertz CT molecular complexity index is 985. The van der Waals surface area contributed by atoms with Crippen molar-refractivity contribution in [1.29, 1.82) is 0 Å². The van der Waals surface area contributed by atoms with E-state index in [0.29, 0.717) is 43.1 Å². The zero-order valence-corrected chi connectivity index (χ0v) is 19.1. The molecule has 1 aliphatic rings. The van der Waals surface area contributed by atoms with E-state index in [9.17, 15) is 14.7 Å². The molecular formula is C26H31NO5. The number of hydrogen-bond acceptors (Lipinski definition) is 5. The normalized spacial score (nSPS) is 14.6. The summed E-state index contributed by atoms with van der Waals surface area (Å²) < 4.78 is 11.0. The number of Topliss-reactive ketones (excluding diaryl/α,β-unsaturated/α-hetero) is 1. The minimum atomic E-state index is -0.934. The molecule has 2 aromatic rings. The van der Waals surface area contributed by atoms with Crippen LogP contribution in [0.3, 0.4) is 0 Å². The molecule has 0 radical (unpaired) electrons. The van der Waals surface area contributed by atoms with Gasteiger partial charge in [-0.25, -0.2) is 4.79 Å². The standard InChI is InChI=1S/C26H31NO5/c1-16(2)14-19-20(12-13-22(19)28)27-21(26(29)30)15-17-8-10-18(11-9-17)25-23(31-3)6-5-7-24(25)32-4/h5-11,16,21,27H,12-15H2,1-4H3,(H,29,30)/t21-/m0/s1. The van der Waals surface area contributed by atoms with Gasteiger partial charge in [0.15, 0.2) is 5.78 Å². The third kappa shape index (κ3) is 5.31. The van der Waals surface area contributed by atoms with Crippen LogP contribution in [0.2, 0.25) is 0 Å². The van der Waals surface area contributed by atoms with Gasteiger partial charge < -0.3 is 19.9 Å². The molecule has 0 saturated heterocycles. The Labute approximate surface area is 189 Å². The van der Waals surface area contributed by atoms with Gasteiger partial charge in [-0.15, -0.1) is 0 Å².